The first kappa shape index (κ1) is 17.9. The molecule has 0 aliphatic carbocycles. The number of halogens is 1. The third-order valence-electron chi connectivity index (χ3n) is 3.50. The fourth-order valence-electron chi connectivity index (χ4n) is 2.35. The van der Waals surface area contributed by atoms with Crippen molar-refractivity contribution in [3.8, 4) is 0 Å². The zero-order valence-corrected chi connectivity index (χ0v) is 13.6. The first-order valence-corrected chi connectivity index (χ1v) is 8.00. The van der Waals surface area contributed by atoms with Crippen molar-refractivity contribution in [2.24, 2.45) is 5.14 Å². The summed E-state index contributed by atoms with van der Waals surface area (Å²) in [6.07, 6.45) is 0. The molecule has 2 rings (SSSR count). The average molecular weight is 334 g/mol. The van der Waals surface area contributed by atoms with E-state index in [2.05, 4.69) is 5.32 Å². The highest BCUT2D eigenvalue weighted by atomic mass is 35.5. The molecule has 0 bridgehead atoms. The van der Waals surface area contributed by atoms with Crippen molar-refractivity contribution in [1.29, 1.82) is 0 Å². The van der Waals surface area contributed by atoms with E-state index >= 15 is 0 Å². The molecule has 1 aliphatic heterocycles. The molecular weight excluding hydrogens is 314 g/mol. The molecule has 0 spiro atoms. The van der Waals surface area contributed by atoms with Gasteiger partial charge in [0.15, 0.2) is 0 Å². The van der Waals surface area contributed by atoms with Gasteiger partial charge in [0.2, 0.25) is 10.0 Å². The van der Waals surface area contributed by atoms with Crippen LogP contribution in [0.4, 0.5) is 0 Å². The highest BCUT2D eigenvalue weighted by molar-refractivity contribution is 7.89. The van der Waals surface area contributed by atoms with Crippen molar-refractivity contribution in [2.75, 3.05) is 19.6 Å². The van der Waals surface area contributed by atoms with E-state index < -0.39 is 10.0 Å². The van der Waals surface area contributed by atoms with Gasteiger partial charge in [-0.2, -0.15) is 0 Å². The van der Waals surface area contributed by atoms with E-state index in [-0.39, 0.29) is 29.3 Å². The van der Waals surface area contributed by atoms with Gasteiger partial charge in [-0.25, -0.2) is 13.6 Å². The van der Waals surface area contributed by atoms with Crippen molar-refractivity contribution in [1.82, 2.24) is 10.2 Å². The molecule has 1 fully saturated rings. The van der Waals surface area contributed by atoms with Gasteiger partial charge in [-0.05, 0) is 31.5 Å². The Morgan fingerprint density at radius 2 is 2.10 bits per heavy atom. The molecule has 1 amide bonds. The zero-order valence-electron chi connectivity index (χ0n) is 12.0. The molecule has 3 N–H and O–H groups in total. The van der Waals surface area contributed by atoms with E-state index in [9.17, 15) is 13.2 Å². The Labute approximate surface area is 131 Å². The molecule has 1 aliphatic rings. The number of hydrogen-bond acceptors (Lipinski definition) is 4. The Hall–Kier alpha value is -1.15. The minimum absolute atomic E-state index is 0. The number of nitrogens with one attached hydrogen (secondary N) is 1. The van der Waals surface area contributed by atoms with E-state index in [4.69, 9.17) is 5.14 Å². The van der Waals surface area contributed by atoms with E-state index in [0.717, 1.165) is 13.1 Å². The largest absolute Gasteiger partial charge is 0.333 e. The number of benzene rings is 1. The van der Waals surface area contributed by atoms with Crippen LogP contribution >= 0.6 is 12.4 Å². The molecule has 1 atom stereocenters. The Morgan fingerprint density at radius 1 is 1.43 bits per heavy atom. The Morgan fingerprint density at radius 3 is 2.67 bits per heavy atom. The van der Waals surface area contributed by atoms with E-state index in [1.54, 1.807) is 24.0 Å². The monoisotopic (exact) mass is 333 g/mol. The maximum Gasteiger partial charge on any atom is 0.254 e. The summed E-state index contributed by atoms with van der Waals surface area (Å²) in [4.78, 5) is 14.2. The van der Waals surface area contributed by atoms with Crippen LogP contribution < -0.4 is 10.5 Å². The number of rotatable bonds is 2. The maximum atomic E-state index is 12.5. The van der Waals surface area contributed by atoms with Gasteiger partial charge in [0.1, 0.15) is 0 Å². The van der Waals surface area contributed by atoms with Gasteiger partial charge in [-0.3, -0.25) is 4.79 Å². The Kier molecular flexibility index (Phi) is 5.75. The number of carbonyl (C=O) groups excluding carboxylic acids is 1. The highest BCUT2D eigenvalue weighted by Gasteiger charge is 2.25. The van der Waals surface area contributed by atoms with Crippen LogP contribution in [0.3, 0.4) is 0 Å². The zero-order chi connectivity index (χ0) is 14.9. The van der Waals surface area contributed by atoms with E-state index in [1.807, 2.05) is 6.92 Å². The molecule has 1 saturated heterocycles. The van der Waals surface area contributed by atoms with Crippen LogP contribution in [0.25, 0.3) is 0 Å². The van der Waals surface area contributed by atoms with Crippen molar-refractivity contribution in [2.45, 2.75) is 24.8 Å². The second-order valence-corrected chi connectivity index (χ2v) is 6.61. The quantitative estimate of drug-likeness (QED) is 0.824. The molecule has 6 nitrogen and oxygen atoms in total. The third kappa shape index (κ3) is 3.94. The van der Waals surface area contributed by atoms with Crippen molar-refractivity contribution in [3.05, 3.63) is 29.3 Å². The van der Waals surface area contributed by atoms with Crippen LogP contribution in [0.5, 0.6) is 0 Å². The van der Waals surface area contributed by atoms with Gasteiger partial charge >= 0.3 is 0 Å². The van der Waals surface area contributed by atoms with Crippen LogP contribution in [0.15, 0.2) is 23.1 Å². The first-order chi connectivity index (χ1) is 9.30. The number of amides is 1. The van der Waals surface area contributed by atoms with Gasteiger partial charge in [-0.1, -0.05) is 6.07 Å². The lowest BCUT2D eigenvalue weighted by Crippen LogP contribution is -2.52. The summed E-state index contributed by atoms with van der Waals surface area (Å²) < 4.78 is 23.0. The lowest BCUT2D eigenvalue weighted by Gasteiger charge is -2.34. The number of nitrogens with two attached hydrogens (primary N) is 1. The molecule has 1 heterocycles. The van der Waals surface area contributed by atoms with Crippen LogP contribution in [-0.4, -0.2) is 44.9 Å². The summed E-state index contributed by atoms with van der Waals surface area (Å²) in [5.41, 5.74) is 0.894. The third-order valence-corrected chi connectivity index (χ3v) is 4.56. The summed E-state index contributed by atoms with van der Waals surface area (Å²) >= 11 is 0. The maximum absolute atomic E-state index is 12.5. The standard InChI is InChI=1S/C13H19N3O3S.ClH/c1-9-3-4-11(7-12(9)20(14,18)19)13(17)16-6-5-15-8-10(16)2;/h3-4,7,10,15H,5-6,8H2,1-2H3,(H2,14,18,19);1H. The molecule has 0 saturated carbocycles. The van der Waals surface area contributed by atoms with Gasteiger partial charge < -0.3 is 10.2 Å². The molecule has 1 aromatic rings. The van der Waals surface area contributed by atoms with Crippen LogP contribution in [0.2, 0.25) is 0 Å². The second kappa shape index (κ2) is 6.74. The van der Waals surface area contributed by atoms with Crippen LogP contribution in [0, 0.1) is 6.92 Å². The number of carbonyl (C=O) groups is 1. The average Bonchev–Trinajstić information content (AvgIpc) is 2.37. The number of aryl methyl sites for hydroxylation is 1. The summed E-state index contributed by atoms with van der Waals surface area (Å²) in [6.45, 7) is 5.70. The van der Waals surface area contributed by atoms with Crippen LogP contribution in [-0.2, 0) is 10.0 Å². The van der Waals surface area contributed by atoms with Gasteiger partial charge in [0, 0.05) is 31.2 Å². The first-order valence-electron chi connectivity index (χ1n) is 6.46. The summed E-state index contributed by atoms with van der Waals surface area (Å²) in [5.74, 6) is -0.163. The summed E-state index contributed by atoms with van der Waals surface area (Å²) in [7, 11) is -3.82. The SMILES string of the molecule is Cc1ccc(C(=O)N2CCNCC2C)cc1S(N)(=O)=O.Cl. The van der Waals surface area contributed by atoms with Gasteiger partial charge in [-0.15, -0.1) is 12.4 Å². The smallest absolute Gasteiger partial charge is 0.254 e. The molecule has 8 heteroatoms. The summed E-state index contributed by atoms with van der Waals surface area (Å²) in [6, 6.07) is 4.69. The lowest BCUT2D eigenvalue weighted by molar-refractivity contribution is 0.0655. The molecular formula is C13H20ClN3O3S. The minimum Gasteiger partial charge on any atom is -0.333 e. The molecule has 1 unspecified atom stereocenters. The number of nitrogens with zero attached hydrogens (tertiary/aromatic N) is 1. The normalized spacial score (nSPS) is 19.0. The predicted octanol–water partition coefficient (Wildman–Crippen LogP) is 0.498. The molecule has 1 aromatic carbocycles. The topological polar surface area (TPSA) is 92.5 Å². The van der Waals surface area contributed by atoms with Crippen LogP contribution in [0.1, 0.15) is 22.8 Å². The number of piperazine rings is 1. The Bertz CT molecular complexity index is 634. The Balaban J connectivity index is 0.00000220. The lowest BCUT2D eigenvalue weighted by atomic mass is 10.1. The van der Waals surface area contributed by atoms with Gasteiger partial charge in [0.05, 0.1) is 4.90 Å². The predicted molar refractivity (Wildman–Crippen MR) is 83.2 cm³/mol. The minimum atomic E-state index is -3.82. The fraction of sp³-hybridized carbons (Fsp3) is 0.462. The van der Waals surface area contributed by atoms with Crippen molar-refractivity contribution >= 4 is 28.3 Å². The number of hydrogen-bond donors (Lipinski definition) is 2. The number of sulfonamides is 1. The van der Waals surface area contributed by atoms with E-state index in [0.29, 0.717) is 17.7 Å². The van der Waals surface area contributed by atoms with Crippen molar-refractivity contribution < 1.29 is 13.2 Å². The molecule has 21 heavy (non-hydrogen) atoms. The summed E-state index contributed by atoms with van der Waals surface area (Å²) in [5, 5.41) is 8.38. The fourth-order valence-corrected chi connectivity index (χ4v) is 3.16. The molecule has 118 valence electrons. The number of primary sulfonamides is 1. The van der Waals surface area contributed by atoms with Gasteiger partial charge in [0.25, 0.3) is 5.91 Å². The highest BCUT2D eigenvalue weighted by Crippen LogP contribution is 2.18. The molecule has 0 aromatic heterocycles. The molecule has 0 radical (unpaired) electrons. The van der Waals surface area contributed by atoms with E-state index in [1.165, 1.54) is 6.07 Å². The second-order valence-electron chi connectivity index (χ2n) is 5.08. The van der Waals surface area contributed by atoms with Crippen molar-refractivity contribution in [3.63, 3.8) is 0 Å².